The standard InChI is InChI=1S/C14H20N2O2/c1-11-6-5-7-12(15-11)13(18)16-14(10-17)8-3-2-4-9-14/h5-7,17H,2-4,8-10H2,1H3,(H,16,18). The van der Waals surface area contributed by atoms with E-state index in [0.29, 0.717) is 5.69 Å². The molecule has 0 aromatic carbocycles. The third-order valence-electron chi connectivity index (χ3n) is 3.61. The van der Waals surface area contributed by atoms with Crippen LogP contribution in [0.15, 0.2) is 18.2 Å². The van der Waals surface area contributed by atoms with E-state index >= 15 is 0 Å². The van der Waals surface area contributed by atoms with Crippen molar-refractivity contribution in [3.05, 3.63) is 29.6 Å². The van der Waals surface area contributed by atoms with Crippen LogP contribution in [0.3, 0.4) is 0 Å². The molecule has 1 aromatic rings. The van der Waals surface area contributed by atoms with Crippen LogP contribution < -0.4 is 5.32 Å². The minimum absolute atomic E-state index is 0.00452. The van der Waals surface area contributed by atoms with Crippen molar-refractivity contribution < 1.29 is 9.90 Å². The van der Waals surface area contributed by atoms with Gasteiger partial charge in [0.05, 0.1) is 12.1 Å². The van der Waals surface area contributed by atoms with Crippen LogP contribution in [0.1, 0.15) is 48.3 Å². The normalized spacial score (nSPS) is 18.3. The van der Waals surface area contributed by atoms with E-state index in [1.54, 1.807) is 6.07 Å². The van der Waals surface area contributed by atoms with Crippen LogP contribution in [0.4, 0.5) is 0 Å². The first-order valence-corrected chi connectivity index (χ1v) is 6.52. The van der Waals surface area contributed by atoms with Gasteiger partial charge in [-0.3, -0.25) is 4.79 Å². The van der Waals surface area contributed by atoms with Gasteiger partial charge in [-0.2, -0.15) is 0 Å². The second-order valence-electron chi connectivity index (χ2n) is 5.12. The molecule has 4 nitrogen and oxygen atoms in total. The molecular formula is C14H20N2O2. The van der Waals surface area contributed by atoms with Gasteiger partial charge in [0.1, 0.15) is 5.69 Å². The number of aliphatic hydroxyl groups excluding tert-OH is 1. The number of nitrogens with zero attached hydrogens (tertiary/aromatic N) is 1. The summed E-state index contributed by atoms with van der Waals surface area (Å²) in [7, 11) is 0. The fraction of sp³-hybridized carbons (Fsp3) is 0.571. The Hall–Kier alpha value is -1.42. The summed E-state index contributed by atoms with van der Waals surface area (Å²) in [5.74, 6) is -0.186. The molecule has 0 unspecified atom stereocenters. The van der Waals surface area contributed by atoms with Gasteiger partial charge in [-0.25, -0.2) is 4.98 Å². The number of aromatic nitrogens is 1. The number of nitrogens with one attached hydrogen (secondary N) is 1. The summed E-state index contributed by atoms with van der Waals surface area (Å²) in [6.45, 7) is 1.86. The first-order valence-electron chi connectivity index (χ1n) is 6.52. The average Bonchev–Trinajstić information content (AvgIpc) is 2.40. The van der Waals surface area contributed by atoms with Crippen LogP contribution >= 0.6 is 0 Å². The number of carbonyl (C=O) groups is 1. The van der Waals surface area contributed by atoms with E-state index in [4.69, 9.17) is 0 Å². The summed E-state index contributed by atoms with van der Waals surface area (Å²) in [5.41, 5.74) is 0.804. The topological polar surface area (TPSA) is 62.2 Å². The Bertz CT molecular complexity index is 426. The highest BCUT2D eigenvalue weighted by Gasteiger charge is 2.33. The third-order valence-corrected chi connectivity index (χ3v) is 3.61. The number of amides is 1. The van der Waals surface area contributed by atoms with Gasteiger partial charge < -0.3 is 10.4 Å². The van der Waals surface area contributed by atoms with E-state index in [-0.39, 0.29) is 12.5 Å². The maximum atomic E-state index is 12.1. The first-order chi connectivity index (χ1) is 8.65. The smallest absolute Gasteiger partial charge is 0.270 e. The van der Waals surface area contributed by atoms with Gasteiger partial charge in [-0.05, 0) is 31.9 Å². The van der Waals surface area contributed by atoms with Crippen molar-refractivity contribution in [1.29, 1.82) is 0 Å². The molecule has 1 amide bonds. The molecule has 98 valence electrons. The number of hydrogen-bond donors (Lipinski definition) is 2. The van der Waals surface area contributed by atoms with E-state index < -0.39 is 5.54 Å². The molecule has 1 fully saturated rings. The second kappa shape index (κ2) is 5.48. The molecule has 2 rings (SSSR count). The maximum Gasteiger partial charge on any atom is 0.270 e. The number of hydrogen-bond acceptors (Lipinski definition) is 3. The summed E-state index contributed by atoms with van der Waals surface area (Å²) < 4.78 is 0. The van der Waals surface area contributed by atoms with Gasteiger partial charge >= 0.3 is 0 Å². The molecule has 0 radical (unpaired) electrons. The lowest BCUT2D eigenvalue weighted by atomic mass is 9.82. The number of rotatable bonds is 3. The van der Waals surface area contributed by atoms with Crippen molar-refractivity contribution in [3.8, 4) is 0 Å². The highest BCUT2D eigenvalue weighted by Crippen LogP contribution is 2.27. The Morgan fingerprint density at radius 3 is 2.72 bits per heavy atom. The van der Waals surface area contributed by atoms with E-state index in [9.17, 15) is 9.90 Å². The molecule has 0 aliphatic heterocycles. The number of aliphatic hydroxyl groups is 1. The summed E-state index contributed by atoms with van der Waals surface area (Å²) in [6.07, 6.45) is 4.99. The summed E-state index contributed by atoms with van der Waals surface area (Å²) in [4.78, 5) is 16.4. The molecule has 18 heavy (non-hydrogen) atoms. The second-order valence-corrected chi connectivity index (χ2v) is 5.12. The van der Waals surface area contributed by atoms with Crippen LogP contribution in [0.5, 0.6) is 0 Å². The van der Waals surface area contributed by atoms with Crippen molar-refractivity contribution >= 4 is 5.91 Å². The maximum absolute atomic E-state index is 12.1. The zero-order valence-electron chi connectivity index (χ0n) is 10.8. The quantitative estimate of drug-likeness (QED) is 0.857. The minimum Gasteiger partial charge on any atom is -0.394 e. The number of pyridine rings is 1. The van der Waals surface area contributed by atoms with Gasteiger partial charge in [-0.1, -0.05) is 25.3 Å². The average molecular weight is 248 g/mol. The molecule has 1 heterocycles. The van der Waals surface area contributed by atoms with Crippen molar-refractivity contribution in [2.75, 3.05) is 6.61 Å². The zero-order valence-corrected chi connectivity index (χ0v) is 10.8. The van der Waals surface area contributed by atoms with Gasteiger partial charge in [0.25, 0.3) is 5.91 Å². The van der Waals surface area contributed by atoms with Crippen molar-refractivity contribution in [3.63, 3.8) is 0 Å². The molecule has 0 saturated heterocycles. The van der Waals surface area contributed by atoms with Crippen molar-refractivity contribution in [1.82, 2.24) is 10.3 Å². The molecule has 1 aromatic heterocycles. The van der Waals surface area contributed by atoms with Crippen molar-refractivity contribution in [2.24, 2.45) is 0 Å². The van der Waals surface area contributed by atoms with Crippen molar-refractivity contribution in [2.45, 2.75) is 44.6 Å². The Morgan fingerprint density at radius 2 is 2.11 bits per heavy atom. The van der Waals surface area contributed by atoms with Crippen LogP contribution in [0.2, 0.25) is 0 Å². The van der Waals surface area contributed by atoms with Gasteiger partial charge in [0.15, 0.2) is 0 Å². The lowest BCUT2D eigenvalue weighted by Gasteiger charge is -2.36. The number of aryl methyl sites for hydroxylation is 1. The van der Waals surface area contributed by atoms with Crippen LogP contribution in [0, 0.1) is 6.92 Å². The molecule has 4 heteroatoms. The summed E-state index contributed by atoms with van der Waals surface area (Å²) >= 11 is 0. The molecule has 0 spiro atoms. The first kappa shape index (κ1) is 13.0. The van der Waals surface area contributed by atoms with E-state index in [1.807, 2.05) is 19.1 Å². The predicted octanol–water partition coefficient (Wildman–Crippen LogP) is 1.82. The molecule has 0 bridgehead atoms. The number of carbonyl (C=O) groups excluding carboxylic acids is 1. The molecule has 1 aliphatic rings. The summed E-state index contributed by atoms with van der Waals surface area (Å²) in [5, 5.41) is 12.5. The van der Waals surface area contributed by atoms with Crippen LogP contribution in [-0.2, 0) is 0 Å². The van der Waals surface area contributed by atoms with Gasteiger partial charge in [-0.15, -0.1) is 0 Å². The van der Waals surface area contributed by atoms with E-state index in [0.717, 1.165) is 31.4 Å². The molecule has 1 aliphatic carbocycles. The van der Waals surface area contributed by atoms with Crippen LogP contribution in [0.25, 0.3) is 0 Å². The lowest BCUT2D eigenvalue weighted by molar-refractivity contribution is 0.0753. The highest BCUT2D eigenvalue weighted by atomic mass is 16.3. The van der Waals surface area contributed by atoms with E-state index in [1.165, 1.54) is 6.42 Å². The lowest BCUT2D eigenvalue weighted by Crippen LogP contribution is -2.52. The SMILES string of the molecule is Cc1cccc(C(=O)NC2(CO)CCCCC2)n1. The largest absolute Gasteiger partial charge is 0.394 e. The fourth-order valence-corrected chi connectivity index (χ4v) is 2.53. The Labute approximate surface area is 107 Å². The Morgan fingerprint density at radius 1 is 1.39 bits per heavy atom. The highest BCUT2D eigenvalue weighted by molar-refractivity contribution is 5.92. The molecule has 0 atom stereocenters. The Kier molecular flexibility index (Phi) is 3.97. The van der Waals surface area contributed by atoms with E-state index in [2.05, 4.69) is 10.3 Å². The molecular weight excluding hydrogens is 228 g/mol. The zero-order chi connectivity index (χ0) is 13.0. The van der Waals surface area contributed by atoms with Crippen LogP contribution in [-0.4, -0.2) is 28.1 Å². The fourth-order valence-electron chi connectivity index (χ4n) is 2.53. The molecule has 2 N–H and O–H groups in total. The predicted molar refractivity (Wildman–Crippen MR) is 69.3 cm³/mol. The third kappa shape index (κ3) is 2.88. The van der Waals surface area contributed by atoms with Gasteiger partial charge in [0, 0.05) is 5.69 Å². The monoisotopic (exact) mass is 248 g/mol. The minimum atomic E-state index is -0.444. The molecule has 1 saturated carbocycles. The van der Waals surface area contributed by atoms with Gasteiger partial charge in [0.2, 0.25) is 0 Å². The Balaban J connectivity index is 2.10. The summed E-state index contributed by atoms with van der Waals surface area (Å²) in [6, 6.07) is 5.39.